The second kappa shape index (κ2) is 7.65. The van der Waals surface area contributed by atoms with Crippen molar-refractivity contribution in [2.24, 2.45) is 0 Å². The average molecular weight is 403 g/mol. The van der Waals surface area contributed by atoms with Gasteiger partial charge in [0.1, 0.15) is 11.5 Å². The molecule has 5 aromatic rings. The maximum absolute atomic E-state index is 9.23. The van der Waals surface area contributed by atoms with Gasteiger partial charge in [0.25, 0.3) is 0 Å². The number of rotatable bonds is 4. The number of nitrogens with one attached hydrogen (secondary N) is 1. The van der Waals surface area contributed by atoms with Gasteiger partial charge in [0.05, 0.1) is 33.9 Å². The van der Waals surface area contributed by atoms with Gasteiger partial charge in [0.15, 0.2) is 5.82 Å². The van der Waals surface area contributed by atoms with Gasteiger partial charge in [-0.3, -0.25) is 5.10 Å². The van der Waals surface area contributed by atoms with Crippen molar-refractivity contribution >= 4 is 16.7 Å². The van der Waals surface area contributed by atoms with Crippen LogP contribution in [-0.2, 0) is 0 Å². The van der Waals surface area contributed by atoms with E-state index < -0.39 is 0 Å². The summed E-state index contributed by atoms with van der Waals surface area (Å²) >= 11 is 0. The van der Waals surface area contributed by atoms with Gasteiger partial charge < -0.3 is 10.5 Å². The van der Waals surface area contributed by atoms with E-state index in [0.717, 1.165) is 39.2 Å². The highest BCUT2D eigenvalue weighted by Crippen LogP contribution is 2.34. The van der Waals surface area contributed by atoms with Crippen LogP contribution in [0, 0.1) is 11.3 Å². The van der Waals surface area contributed by atoms with Crippen LogP contribution in [0.1, 0.15) is 5.56 Å². The van der Waals surface area contributed by atoms with Gasteiger partial charge in [-0.15, -0.1) is 0 Å². The van der Waals surface area contributed by atoms with E-state index in [1.807, 2.05) is 78.9 Å². The summed E-state index contributed by atoms with van der Waals surface area (Å²) < 4.78 is 5.89. The monoisotopic (exact) mass is 403 g/mol. The number of hydrogen-bond donors (Lipinski definition) is 2. The van der Waals surface area contributed by atoms with Crippen molar-refractivity contribution < 1.29 is 4.74 Å². The molecule has 2 aromatic heterocycles. The van der Waals surface area contributed by atoms with Crippen LogP contribution in [0.5, 0.6) is 11.5 Å². The van der Waals surface area contributed by atoms with E-state index in [2.05, 4.69) is 16.3 Å². The van der Waals surface area contributed by atoms with E-state index in [1.54, 1.807) is 6.07 Å². The zero-order chi connectivity index (χ0) is 21.2. The zero-order valence-corrected chi connectivity index (χ0v) is 16.4. The Morgan fingerprint density at radius 3 is 2.39 bits per heavy atom. The van der Waals surface area contributed by atoms with Gasteiger partial charge in [0, 0.05) is 11.1 Å². The summed E-state index contributed by atoms with van der Waals surface area (Å²) in [6.07, 6.45) is 0. The van der Waals surface area contributed by atoms with Crippen LogP contribution in [0.15, 0.2) is 84.9 Å². The van der Waals surface area contributed by atoms with E-state index in [9.17, 15) is 5.26 Å². The molecule has 31 heavy (non-hydrogen) atoms. The molecule has 3 N–H and O–H groups in total. The number of anilines is 1. The third kappa shape index (κ3) is 3.56. The predicted octanol–water partition coefficient (Wildman–Crippen LogP) is 5.54. The Kier molecular flexibility index (Phi) is 4.54. The molecule has 0 fully saturated rings. The molecule has 2 heterocycles. The topological polar surface area (TPSA) is 101 Å². The molecule has 0 unspecified atom stereocenters. The first-order chi connectivity index (χ1) is 15.2. The highest BCUT2D eigenvalue weighted by Gasteiger charge is 2.15. The normalized spacial score (nSPS) is 10.7. The molecule has 0 saturated heterocycles. The molecule has 0 aliphatic carbocycles. The number of para-hydroxylation sites is 1. The first-order valence-electron chi connectivity index (χ1n) is 9.70. The second-order valence-electron chi connectivity index (χ2n) is 7.02. The molecular formula is C25H17N5O. The molecule has 0 saturated carbocycles. The largest absolute Gasteiger partial charge is 0.457 e. The Bertz CT molecular complexity index is 1420. The van der Waals surface area contributed by atoms with Crippen LogP contribution >= 0.6 is 0 Å². The minimum Gasteiger partial charge on any atom is -0.457 e. The number of fused-ring (bicyclic) bond motifs is 1. The Balaban J connectivity index is 1.58. The van der Waals surface area contributed by atoms with E-state index in [4.69, 9.17) is 15.5 Å². The summed E-state index contributed by atoms with van der Waals surface area (Å²) in [5, 5.41) is 17.1. The van der Waals surface area contributed by atoms with Crippen molar-refractivity contribution in [3.63, 3.8) is 0 Å². The lowest BCUT2D eigenvalue weighted by Gasteiger charge is -2.10. The van der Waals surface area contributed by atoms with Gasteiger partial charge >= 0.3 is 0 Å². The number of ether oxygens (including phenoxy) is 1. The predicted molar refractivity (Wildman–Crippen MR) is 120 cm³/mol. The average Bonchev–Trinajstić information content (AvgIpc) is 3.20. The highest BCUT2D eigenvalue weighted by atomic mass is 16.5. The van der Waals surface area contributed by atoms with Gasteiger partial charge in [-0.25, -0.2) is 4.98 Å². The molecule has 0 radical (unpaired) electrons. The van der Waals surface area contributed by atoms with E-state index in [1.165, 1.54) is 0 Å². The molecule has 0 amide bonds. The number of H-pyrrole nitrogens is 1. The number of pyridine rings is 1. The Morgan fingerprint density at radius 2 is 1.61 bits per heavy atom. The number of aromatic amines is 1. The van der Waals surface area contributed by atoms with Gasteiger partial charge in [-0.2, -0.15) is 10.4 Å². The number of hydrogen-bond acceptors (Lipinski definition) is 5. The van der Waals surface area contributed by atoms with Crippen LogP contribution in [-0.4, -0.2) is 15.2 Å². The van der Waals surface area contributed by atoms with Crippen LogP contribution in [0.4, 0.5) is 5.82 Å². The number of nitrogens with zero attached hydrogens (tertiary/aromatic N) is 3. The second-order valence-corrected chi connectivity index (χ2v) is 7.02. The Labute approximate surface area is 178 Å². The summed E-state index contributed by atoms with van der Waals surface area (Å²) in [4.78, 5) is 4.87. The van der Waals surface area contributed by atoms with Crippen LogP contribution in [0.2, 0.25) is 0 Å². The van der Waals surface area contributed by atoms with Crippen LogP contribution in [0.3, 0.4) is 0 Å². The molecule has 0 aliphatic rings. The fraction of sp³-hybridized carbons (Fsp3) is 0. The van der Waals surface area contributed by atoms with Crippen molar-refractivity contribution in [3.05, 3.63) is 90.5 Å². The fourth-order valence-corrected chi connectivity index (χ4v) is 3.48. The number of aromatic nitrogens is 3. The first-order valence-corrected chi connectivity index (χ1v) is 9.70. The molecule has 6 nitrogen and oxygen atoms in total. The molecule has 0 aliphatic heterocycles. The van der Waals surface area contributed by atoms with Crippen molar-refractivity contribution in [1.29, 1.82) is 5.26 Å². The molecule has 0 atom stereocenters. The Morgan fingerprint density at radius 1 is 0.839 bits per heavy atom. The molecule has 0 bridgehead atoms. The van der Waals surface area contributed by atoms with Crippen LogP contribution in [0.25, 0.3) is 33.4 Å². The number of nitrogens with two attached hydrogens (primary N) is 1. The van der Waals surface area contributed by atoms with E-state index >= 15 is 0 Å². The molecule has 6 heteroatoms. The quantitative estimate of drug-likeness (QED) is 0.410. The lowest BCUT2D eigenvalue weighted by atomic mass is 10.0. The lowest BCUT2D eigenvalue weighted by molar-refractivity contribution is 0.483. The summed E-state index contributed by atoms with van der Waals surface area (Å²) in [6, 6.07) is 28.7. The third-order valence-corrected chi connectivity index (χ3v) is 4.97. The van der Waals surface area contributed by atoms with Gasteiger partial charge in [-0.1, -0.05) is 30.3 Å². The molecular weight excluding hydrogens is 386 g/mol. The number of benzene rings is 3. The minimum atomic E-state index is 0.388. The maximum Gasteiger partial charge on any atom is 0.155 e. The van der Waals surface area contributed by atoms with Gasteiger partial charge in [0.2, 0.25) is 0 Å². The minimum absolute atomic E-state index is 0.388. The number of nitrogen functional groups attached to an aromatic ring is 1. The smallest absolute Gasteiger partial charge is 0.155 e. The number of nitriles is 1. The first kappa shape index (κ1) is 18.4. The van der Waals surface area contributed by atoms with Crippen molar-refractivity contribution in [3.8, 4) is 40.1 Å². The highest BCUT2D eigenvalue weighted by molar-refractivity contribution is 6.01. The van der Waals surface area contributed by atoms with E-state index in [-0.39, 0.29) is 0 Å². The van der Waals surface area contributed by atoms with Crippen molar-refractivity contribution in [2.75, 3.05) is 5.73 Å². The molecule has 148 valence electrons. The van der Waals surface area contributed by atoms with Crippen molar-refractivity contribution in [1.82, 2.24) is 15.2 Å². The third-order valence-electron chi connectivity index (χ3n) is 4.97. The molecule has 3 aromatic carbocycles. The standard InChI is InChI=1S/C25H17N5O/c26-15-16-5-4-6-18(13-16)21-14-22-23(25(27)30-29-22)24(28-21)17-9-11-20(12-10-17)31-19-7-2-1-3-8-19/h1-14H,(H3,27,29,30). The lowest BCUT2D eigenvalue weighted by Crippen LogP contribution is -1.93. The molecule has 0 spiro atoms. The maximum atomic E-state index is 9.23. The van der Waals surface area contributed by atoms with Crippen molar-refractivity contribution in [2.45, 2.75) is 0 Å². The fourth-order valence-electron chi connectivity index (χ4n) is 3.48. The SMILES string of the molecule is N#Cc1cccc(-c2cc3[nH]nc(N)c3c(-c3ccc(Oc4ccccc4)cc3)n2)c1. The Hall–Kier alpha value is -4.63. The van der Waals surface area contributed by atoms with E-state index in [0.29, 0.717) is 17.1 Å². The summed E-state index contributed by atoms with van der Waals surface area (Å²) in [5.41, 5.74) is 10.7. The summed E-state index contributed by atoms with van der Waals surface area (Å²) in [5.74, 6) is 1.89. The van der Waals surface area contributed by atoms with Gasteiger partial charge in [-0.05, 0) is 54.6 Å². The zero-order valence-electron chi connectivity index (χ0n) is 16.4. The summed E-state index contributed by atoms with van der Waals surface area (Å²) in [6.45, 7) is 0. The molecule has 5 rings (SSSR count). The van der Waals surface area contributed by atoms with Crippen LogP contribution < -0.4 is 10.5 Å². The summed E-state index contributed by atoms with van der Waals surface area (Å²) in [7, 11) is 0.